The number of benzene rings is 2. The van der Waals surface area contributed by atoms with Crippen molar-refractivity contribution in [2.24, 2.45) is 0 Å². The van der Waals surface area contributed by atoms with Crippen LogP contribution >= 0.6 is 11.6 Å². The molecule has 2 heterocycles. The Morgan fingerprint density at radius 3 is 2.48 bits per heavy atom. The van der Waals surface area contributed by atoms with Crippen molar-refractivity contribution < 1.29 is 8.81 Å². The molecular weight excluding hydrogens is 317 g/mol. The molecule has 2 aromatic heterocycles. The lowest BCUT2D eigenvalue weighted by molar-refractivity contribution is 0.571. The monoisotopic (exact) mass is 325 g/mol. The van der Waals surface area contributed by atoms with Gasteiger partial charge in [0.25, 0.3) is 5.89 Å². The van der Waals surface area contributed by atoms with Crippen LogP contribution in [0.25, 0.3) is 33.8 Å². The predicted octanol–water partition coefficient (Wildman–Crippen LogP) is 4.74. The zero-order chi connectivity index (χ0) is 15.8. The first kappa shape index (κ1) is 13.8. The predicted molar refractivity (Wildman–Crippen MR) is 85.4 cm³/mol. The van der Waals surface area contributed by atoms with E-state index in [1.807, 2.05) is 30.3 Å². The smallest absolute Gasteiger partial charge is 0.251 e. The number of rotatable bonds is 2. The van der Waals surface area contributed by atoms with Gasteiger partial charge in [0.2, 0.25) is 5.89 Å². The van der Waals surface area contributed by atoms with Gasteiger partial charge >= 0.3 is 0 Å². The summed E-state index contributed by atoms with van der Waals surface area (Å²) in [5, 5.41) is 8.86. The molecule has 0 aliphatic heterocycles. The molecule has 2 aromatic carbocycles. The van der Waals surface area contributed by atoms with Gasteiger partial charge in [-0.15, -0.1) is 10.2 Å². The van der Waals surface area contributed by atoms with E-state index < -0.39 is 5.82 Å². The second-order valence-corrected chi connectivity index (χ2v) is 5.30. The lowest BCUT2D eigenvalue weighted by Crippen LogP contribution is -1.85. The van der Waals surface area contributed by atoms with E-state index in [2.05, 4.69) is 15.2 Å². The van der Waals surface area contributed by atoms with E-state index in [9.17, 15) is 4.39 Å². The quantitative estimate of drug-likeness (QED) is 0.534. The van der Waals surface area contributed by atoms with Crippen LogP contribution in [-0.2, 0) is 0 Å². The Hall–Kier alpha value is -2.79. The summed E-state index contributed by atoms with van der Waals surface area (Å²) in [6, 6.07) is 14.0. The van der Waals surface area contributed by atoms with Crippen molar-refractivity contribution in [2.45, 2.75) is 0 Å². The molecule has 0 radical (unpaired) electrons. The van der Waals surface area contributed by atoms with E-state index in [1.165, 1.54) is 6.07 Å². The Morgan fingerprint density at radius 1 is 0.870 bits per heavy atom. The highest BCUT2D eigenvalue weighted by Crippen LogP contribution is 2.31. The van der Waals surface area contributed by atoms with Gasteiger partial charge < -0.3 is 4.42 Å². The highest BCUT2D eigenvalue weighted by Gasteiger charge is 2.17. The first-order chi connectivity index (χ1) is 11.2. The van der Waals surface area contributed by atoms with E-state index in [0.717, 1.165) is 16.5 Å². The van der Waals surface area contributed by atoms with Crippen LogP contribution in [0.3, 0.4) is 0 Å². The third kappa shape index (κ3) is 2.35. The van der Waals surface area contributed by atoms with Crippen molar-refractivity contribution in [2.75, 3.05) is 0 Å². The fraction of sp³-hybridized carbons (Fsp3) is 0. The summed E-state index contributed by atoms with van der Waals surface area (Å²) in [4.78, 5) is 4.29. The fourth-order valence-corrected chi connectivity index (χ4v) is 2.57. The van der Waals surface area contributed by atoms with Gasteiger partial charge in [0, 0.05) is 17.1 Å². The van der Waals surface area contributed by atoms with Gasteiger partial charge in [-0.25, -0.2) is 4.39 Å². The summed E-state index contributed by atoms with van der Waals surface area (Å²) >= 11 is 5.79. The molecule has 0 saturated heterocycles. The maximum atomic E-state index is 14.1. The molecule has 0 aliphatic rings. The lowest BCUT2D eigenvalue weighted by Gasteiger charge is -2.01. The van der Waals surface area contributed by atoms with Crippen LogP contribution in [0.1, 0.15) is 0 Å². The van der Waals surface area contributed by atoms with Crippen molar-refractivity contribution in [3.8, 4) is 22.9 Å². The molecular formula is C17H9ClFN3O. The number of pyridine rings is 1. The largest absolute Gasteiger partial charge is 0.416 e. The maximum Gasteiger partial charge on any atom is 0.251 e. The molecule has 0 saturated carbocycles. The van der Waals surface area contributed by atoms with E-state index in [1.54, 1.807) is 18.3 Å². The number of hydrogen-bond donors (Lipinski definition) is 0. The molecule has 4 rings (SSSR count). The van der Waals surface area contributed by atoms with Gasteiger partial charge in [-0.05, 0) is 30.3 Å². The van der Waals surface area contributed by atoms with Crippen LogP contribution in [0, 0.1) is 5.82 Å². The molecule has 4 aromatic rings. The van der Waals surface area contributed by atoms with Crippen LogP contribution in [0.4, 0.5) is 4.39 Å². The molecule has 0 unspecified atom stereocenters. The minimum absolute atomic E-state index is 0.0108. The Morgan fingerprint density at radius 2 is 1.61 bits per heavy atom. The minimum Gasteiger partial charge on any atom is -0.416 e. The molecule has 0 aliphatic carbocycles. The average Bonchev–Trinajstić information content (AvgIpc) is 3.06. The molecule has 4 nitrogen and oxygen atoms in total. The van der Waals surface area contributed by atoms with Crippen LogP contribution in [-0.4, -0.2) is 15.2 Å². The molecule has 0 N–H and O–H groups in total. The minimum atomic E-state index is -0.580. The van der Waals surface area contributed by atoms with Gasteiger partial charge in [-0.2, -0.15) is 0 Å². The molecule has 0 fully saturated rings. The highest BCUT2D eigenvalue weighted by atomic mass is 35.5. The van der Waals surface area contributed by atoms with Crippen molar-refractivity contribution in [1.82, 2.24) is 15.2 Å². The summed E-state index contributed by atoms with van der Waals surface area (Å²) in [6.07, 6.45) is 1.71. The summed E-state index contributed by atoms with van der Waals surface area (Å²) in [7, 11) is 0. The lowest BCUT2D eigenvalue weighted by atomic mass is 10.1. The average molecular weight is 326 g/mol. The van der Waals surface area contributed by atoms with E-state index >= 15 is 0 Å². The highest BCUT2D eigenvalue weighted by molar-refractivity contribution is 6.31. The summed E-state index contributed by atoms with van der Waals surface area (Å²) < 4.78 is 19.7. The number of aromatic nitrogens is 3. The first-order valence-electron chi connectivity index (χ1n) is 6.86. The molecule has 6 heteroatoms. The van der Waals surface area contributed by atoms with E-state index in [0.29, 0.717) is 5.89 Å². The Labute approximate surface area is 135 Å². The summed E-state index contributed by atoms with van der Waals surface area (Å²) in [6.45, 7) is 0. The molecule has 0 atom stereocenters. The summed E-state index contributed by atoms with van der Waals surface area (Å²) in [5.41, 5.74) is 1.74. The van der Waals surface area contributed by atoms with Gasteiger partial charge in [0.1, 0.15) is 0 Å². The van der Waals surface area contributed by atoms with Crippen LogP contribution in [0.2, 0.25) is 5.02 Å². The molecule has 0 bridgehead atoms. The number of halogens is 2. The van der Waals surface area contributed by atoms with E-state index in [-0.39, 0.29) is 16.5 Å². The normalized spacial score (nSPS) is 11.0. The van der Waals surface area contributed by atoms with Gasteiger partial charge in [-0.1, -0.05) is 29.8 Å². The topological polar surface area (TPSA) is 51.8 Å². The van der Waals surface area contributed by atoms with Crippen LogP contribution in [0.15, 0.2) is 59.1 Å². The standard InChI is InChI=1S/C17H9ClFN3O/c18-13-7-1-5-12(15(13)19)17-22-21-16(23-17)11-4-2-8-14-10(11)6-3-9-20-14/h1-9H. The maximum absolute atomic E-state index is 14.1. The van der Waals surface area contributed by atoms with Crippen LogP contribution in [0.5, 0.6) is 0 Å². The zero-order valence-corrected chi connectivity index (χ0v) is 12.5. The third-order valence-corrected chi connectivity index (χ3v) is 3.78. The van der Waals surface area contributed by atoms with Crippen molar-refractivity contribution >= 4 is 22.5 Å². The number of nitrogens with zero attached hydrogens (tertiary/aromatic N) is 3. The van der Waals surface area contributed by atoms with Crippen molar-refractivity contribution in [1.29, 1.82) is 0 Å². The van der Waals surface area contributed by atoms with Crippen molar-refractivity contribution in [3.63, 3.8) is 0 Å². The Kier molecular flexibility index (Phi) is 3.28. The molecule has 0 spiro atoms. The number of hydrogen-bond acceptors (Lipinski definition) is 4. The second kappa shape index (κ2) is 5.44. The van der Waals surface area contributed by atoms with Crippen molar-refractivity contribution in [3.05, 3.63) is 65.6 Å². The van der Waals surface area contributed by atoms with Gasteiger partial charge in [0.15, 0.2) is 5.82 Å². The van der Waals surface area contributed by atoms with Crippen LogP contribution < -0.4 is 0 Å². The number of fused-ring (bicyclic) bond motifs is 1. The SMILES string of the molecule is Fc1c(Cl)cccc1-c1nnc(-c2cccc3ncccc23)o1. The van der Waals surface area contributed by atoms with Gasteiger partial charge in [-0.3, -0.25) is 4.98 Å². The van der Waals surface area contributed by atoms with E-state index in [4.69, 9.17) is 16.0 Å². The molecule has 23 heavy (non-hydrogen) atoms. The molecule has 0 amide bonds. The third-order valence-electron chi connectivity index (χ3n) is 3.48. The second-order valence-electron chi connectivity index (χ2n) is 4.89. The van der Waals surface area contributed by atoms with Gasteiger partial charge in [0.05, 0.1) is 16.1 Å². The molecule has 112 valence electrons. The zero-order valence-electron chi connectivity index (χ0n) is 11.7. The first-order valence-corrected chi connectivity index (χ1v) is 7.24. The Bertz CT molecular complexity index is 1010. The summed E-state index contributed by atoms with van der Waals surface area (Å²) in [5.74, 6) is -0.192. The fourth-order valence-electron chi connectivity index (χ4n) is 2.40. The Balaban J connectivity index is 1.86.